The summed E-state index contributed by atoms with van der Waals surface area (Å²) in [6.07, 6.45) is 1.02. The third-order valence-electron chi connectivity index (χ3n) is 2.89. The van der Waals surface area contributed by atoms with E-state index in [0.29, 0.717) is 31.1 Å². The maximum absolute atomic E-state index is 12.4. The van der Waals surface area contributed by atoms with Crippen molar-refractivity contribution < 1.29 is 13.2 Å². The summed E-state index contributed by atoms with van der Waals surface area (Å²) in [5.74, 6) is 0. The predicted octanol–water partition coefficient (Wildman–Crippen LogP) is 1.87. The molecule has 0 atom stereocenters. The number of sulfone groups is 1. The first-order chi connectivity index (χ1) is 8.01. The summed E-state index contributed by atoms with van der Waals surface area (Å²) in [5, 5.41) is -0.0400. The Kier molecular flexibility index (Phi) is 3.61. The van der Waals surface area contributed by atoms with Crippen molar-refractivity contribution in [2.75, 3.05) is 18.9 Å². The van der Waals surface area contributed by atoms with E-state index in [-0.39, 0.29) is 10.6 Å². The molecule has 1 aliphatic heterocycles. The molecule has 2 N–H and O–H groups in total. The van der Waals surface area contributed by atoms with E-state index in [9.17, 15) is 8.42 Å². The zero-order valence-corrected chi connectivity index (χ0v) is 10.8. The van der Waals surface area contributed by atoms with Crippen LogP contribution < -0.4 is 5.73 Å². The molecule has 1 fully saturated rings. The molecule has 0 saturated carbocycles. The molecule has 1 aromatic carbocycles. The topological polar surface area (TPSA) is 69.4 Å². The molecule has 0 unspecified atom stereocenters. The lowest BCUT2D eigenvalue weighted by Crippen LogP contribution is -2.29. The van der Waals surface area contributed by atoms with Crippen molar-refractivity contribution in [2.24, 2.45) is 0 Å². The number of hydrogen-bond acceptors (Lipinski definition) is 4. The van der Waals surface area contributed by atoms with E-state index in [4.69, 9.17) is 22.1 Å². The minimum Gasteiger partial charge on any atom is -0.398 e. The van der Waals surface area contributed by atoms with E-state index in [1.54, 1.807) is 6.07 Å². The van der Waals surface area contributed by atoms with Crippen LogP contribution in [-0.2, 0) is 14.6 Å². The molecule has 1 aliphatic rings. The van der Waals surface area contributed by atoms with Gasteiger partial charge in [0.15, 0.2) is 9.84 Å². The van der Waals surface area contributed by atoms with Crippen LogP contribution in [0.25, 0.3) is 0 Å². The van der Waals surface area contributed by atoms with Gasteiger partial charge in [-0.1, -0.05) is 11.6 Å². The van der Waals surface area contributed by atoms with Gasteiger partial charge in [0.05, 0.1) is 15.8 Å². The smallest absolute Gasteiger partial charge is 0.183 e. The highest BCUT2D eigenvalue weighted by molar-refractivity contribution is 7.92. The number of rotatable bonds is 2. The second-order valence-electron chi connectivity index (χ2n) is 4.04. The summed E-state index contributed by atoms with van der Waals surface area (Å²) in [6.45, 7) is 0.953. The van der Waals surface area contributed by atoms with Crippen molar-refractivity contribution in [2.45, 2.75) is 23.0 Å². The Morgan fingerprint density at radius 3 is 2.59 bits per heavy atom. The first-order valence-electron chi connectivity index (χ1n) is 5.38. The number of hydrogen-bond donors (Lipinski definition) is 1. The molecule has 1 aromatic rings. The minimum atomic E-state index is -3.40. The zero-order valence-electron chi connectivity index (χ0n) is 9.23. The van der Waals surface area contributed by atoms with Gasteiger partial charge in [0.25, 0.3) is 0 Å². The fourth-order valence-electron chi connectivity index (χ4n) is 1.92. The van der Waals surface area contributed by atoms with E-state index in [2.05, 4.69) is 0 Å². The number of benzene rings is 1. The zero-order chi connectivity index (χ0) is 12.5. The van der Waals surface area contributed by atoms with E-state index < -0.39 is 15.1 Å². The maximum atomic E-state index is 12.4. The quantitative estimate of drug-likeness (QED) is 0.837. The molecule has 0 aromatic heterocycles. The SMILES string of the molecule is Nc1ccc(Cl)cc1S(=O)(=O)C1CCOCC1. The molecular weight excluding hydrogens is 262 g/mol. The minimum absolute atomic E-state index is 0.136. The molecule has 1 saturated heterocycles. The fraction of sp³-hybridized carbons (Fsp3) is 0.455. The lowest BCUT2D eigenvalue weighted by molar-refractivity contribution is 0.0983. The molecule has 17 heavy (non-hydrogen) atoms. The highest BCUT2D eigenvalue weighted by Crippen LogP contribution is 2.29. The second kappa shape index (κ2) is 4.84. The average Bonchev–Trinajstić information content (AvgIpc) is 2.33. The Morgan fingerprint density at radius 1 is 1.29 bits per heavy atom. The van der Waals surface area contributed by atoms with Crippen LogP contribution in [0.15, 0.2) is 23.1 Å². The molecule has 0 amide bonds. The Balaban J connectivity index is 2.40. The maximum Gasteiger partial charge on any atom is 0.183 e. The largest absolute Gasteiger partial charge is 0.398 e. The van der Waals surface area contributed by atoms with Crippen molar-refractivity contribution in [1.29, 1.82) is 0 Å². The summed E-state index contributed by atoms with van der Waals surface area (Å²) in [5.41, 5.74) is 5.96. The van der Waals surface area contributed by atoms with Gasteiger partial charge in [-0.3, -0.25) is 0 Å². The molecule has 0 bridgehead atoms. The molecule has 0 aliphatic carbocycles. The van der Waals surface area contributed by atoms with Gasteiger partial charge in [0.1, 0.15) is 0 Å². The molecule has 6 heteroatoms. The summed E-state index contributed by atoms with van der Waals surface area (Å²) in [7, 11) is -3.40. The van der Waals surface area contributed by atoms with Crippen LogP contribution in [0.1, 0.15) is 12.8 Å². The van der Waals surface area contributed by atoms with Crippen molar-refractivity contribution in [3.05, 3.63) is 23.2 Å². The number of halogens is 1. The predicted molar refractivity (Wildman–Crippen MR) is 66.9 cm³/mol. The van der Waals surface area contributed by atoms with Crippen LogP contribution in [-0.4, -0.2) is 26.9 Å². The van der Waals surface area contributed by atoms with Crippen LogP contribution in [0.4, 0.5) is 5.69 Å². The molecule has 1 heterocycles. The van der Waals surface area contributed by atoms with E-state index in [1.165, 1.54) is 12.1 Å². The Hall–Kier alpha value is -0.780. The highest BCUT2D eigenvalue weighted by Gasteiger charge is 2.30. The number of nitrogen functional groups attached to an aromatic ring is 1. The molecule has 4 nitrogen and oxygen atoms in total. The van der Waals surface area contributed by atoms with E-state index >= 15 is 0 Å². The van der Waals surface area contributed by atoms with Crippen molar-refractivity contribution in [1.82, 2.24) is 0 Å². The van der Waals surface area contributed by atoms with Crippen LogP contribution >= 0.6 is 11.6 Å². The van der Waals surface area contributed by atoms with Crippen molar-refractivity contribution in [3.63, 3.8) is 0 Å². The van der Waals surface area contributed by atoms with Crippen LogP contribution in [0.3, 0.4) is 0 Å². The van der Waals surface area contributed by atoms with Crippen LogP contribution in [0.5, 0.6) is 0 Å². The van der Waals surface area contributed by atoms with Crippen LogP contribution in [0, 0.1) is 0 Å². The van der Waals surface area contributed by atoms with Crippen molar-refractivity contribution in [3.8, 4) is 0 Å². The lowest BCUT2D eigenvalue weighted by atomic mass is 10.2. The lowest BCUT2D eigenvalue weighted by Gasteiger charge is -2.22. The Morgan fingerprint density at radius 2 is 1.94 bits per heavy atom. The summed E-state index contributed by atoms with van der Waals surface area (Å²) >= 11 is 5.82. The van der Waals surface area contributed by atoms with Gasteiger partial charge in [0, 0.05) is 18.2 Å². The van der Waals surface area contributed by atoms with Crippen molar-refractivity contribution >= 4 is 27.1 Å². The fourth-order valence-corrected chi connectivity index (χ4v) is 4.02. The van der Waals surface area contributed by atoms with Gasteiger partial charge in [0.2, 0.25) is 0 Å². The van der Waals surface area contributed by atoms with E-state index in [0.717, 1.165) is 0 Å². The Labute approximate surface area is 106 Å². The second-order valence-corrected chi connectivity index (χ2v) is 6.67. The summed E-state index contributed by atoms with van der Waals surface area (Å²) in [6, 6.07) is 4.52. The van der Waals surface area contributed by atoms with Gasteiger partial charge in [-0.25, -0.2) is 8.42 Å². The third-order valence-corrected chi connectivity index (χ3v) is 5.44. The van der Waals surface area contributed by atoms with Gasteiger partial charge >= 0.3 is 0 Å². The monoisotopic (exact) mass is 275 g/mol. The van der Waals surface area contributed by atoms with Gasteiger partial charge in [-0.2, -0.15) is 0 Å². The van der Waals surface area contributed by atoms with Crippen LogP contribution in [0.2, 0.25) is 5.02 Å². The van der Waals surface area contributed by atoms with Gasteiger partial charge < -0.3 is 10.5 Å². The van der Waals surface area contributed by atoms with Gasteiger partial charge in [-0.05, 0) is 31.0 Å². The highest BCUT2D eigenvalue weighted by atomic mass is 35.5. The molecule has 0 spiro atoms. The molecule has 2 rings (SSSR count). The summed E-state index contributed by atoms with van der Waals surface area (Å²) < 4.78 is 29.9. The number of anilines is 1. The summed E-state index contributed by atoms with van der Waals surface area (Å²) in [4.78, 5) is 0.136. The molecule has 94 valence electrons. The standard InChI is InChI=1S/C11H14ClNO3S/c12-8-1-2-10(13)11(7-8)17(14,15)9-3-5-16-6-4-9/h1-2,7,9H,3-6,13H2. The number of nitrogens with two attached hydrogens (primary N) is 1. The third kappa shape index (κ3) is 2.56. The molecule has 0 radical (unpaired) electrons. The molecular formula is C11H14ClNO3S. The average molecular weight is 276 g/mol. The normalized spacial score (nSPS) is 18.2. The first kappa shape index (κ1) is 12.7. The van der Waals surface area contributed by atoms with E-state index in [1.807, 2.05) is 0 Å². The van der Waals surface area contributed by atoms with Gasteiger partial charge in [-0.15, -0.1) is 0 Å². The Bertz CT molecular complexity index is 509. The number of ether oxygens (including phenoxy) is 1. The first-order valence-corrected chi connectivity index (χ1v) is 7.31.